The van der Waals surface area contributed by atoms with Crippen LogP contribution in [0.15, 0.2) is 59.0 Å². The summed E-state index contributed by atoms with van der Waals surface area (Å²) in [6.45, 7) is 7.14. The van der Waals surface area contributed by atoms with Gasteiger partial charge in [-0.2, -0.15) is 5.26 Å². The summed E-state index contributed by atoms with van der Waals surface area (Å²) in [5.41, 5.74) is 11.3. The van der Waals surface area contributed by atoms with Crippen LogP contribution in [0.5, 0.6) is 0 Å². The molecular weight excluding hydrogens is 521 g/mol. The number of halogens is 2. The van der Waals surface area contributed by atoms with Crippen molar-refractivity contribution in [1.29, 1.82) is 5.26 Å². The minimum Gasteiger partial charge on any atom is -0.383 e. The topological polar surface area (TPSA) is 88.0 Å². The Hall–Kier alpha value is -3.35. The molecule has 0 amide bonds. The van der Waals surface area contributed by atoms with E-state index in [0.29, 0.717) is 18.2 Å². The lowest BCUT2D eigenvalue weighted by Gasteiger charge is -2.23. The van der Waals surface area contributed by atoms with E-state index >= 15 is 0 Å². The van der Waals surface area contributed by atoms with Crippen molar-refractivity contribution in [3.63, 3.8) is 0 Å². The maximum absolute atomic E-state index is 13.7. The number of pyridine rings is 1. The summed E-state index contributed by atoms with van der Waals surface area (Å²) in [4.78, 5) is 4.54. The third-order valence-corrected chi connectivity index (χ3v) is 6.82. The Bertz CT molecular complexity index is 1350. The largest absolute Gasteiger partial charge is 0.383 e. The molecule has 1 saturated carbocycles. The van der Waals surface area contributed by atoms with Crippen LogP contribution in [0.1, 0.15) is 50.8 Å². The zero-order valence-electron chi connectivity index (χ0n) is 20.5. The zero-order chi connectivity index (χ0) is 25.4. The van der Waals surface area contributed by atoms with Gasteiger partial charge >= 0.3 is 0 Å². The molecular formula is C27H29BrFN7. The first kappa shape index (κ1) is 24.3. The highest BCUT2D eigenvalue weighted by Crippen LogP contribution is 2.37. The minimum absolute atomic E-state index is 0.0319. The van der Waals surface area contributed by atoms with Gasteiger partial charge in [0.15, 0.2) is 0 Å². The summed E-state index contributed by atoms with van der Waals surface area (Å²) in [6.07, 6.45) is 5.99. The highest BCUT2D eigenvalue weighted by atomic mass is 79.9. The van der Waals surface area contributed by atoms with E-state index in [4.69, 9.17) is 0 Å². The summed E-state index contributed by atoms with van der Waals surface area (Å²) >= 11 is 3.68. The van der Waals surface area contributed by atoms with Crippen LogP contribution in [0.25, 0.3) is 10.9 Å². The molecule has 4 N–H and O–H groups in total. The standard InChI is InChI=1S/C27H29BrFN7/c1-27(2,3)15-32-24-17(12-30)13-31-26-21(24)10-19(11-22(26)28)33-25(16-4-6-18(29)7-5-16)23-14-36(35-34-23)20-8-9-20/h4-7,10-11,13-14,20,25,33-35H,8-9,15H2,1-3H3,(H,31,32). The number of fused-ring (bicyclic) bond motifs is 1. The van der Waals surface area contributed by atoms with E-state index in [1.165, 1.54) is 12.1 Å². The Morgan fingerprint density at radius 3 is 2.67 bits per heavy atom. The number of hydrogen-bond acceptors (Lipinski definition) is 7. The van der Waals surface area contributed by atoms with Crippen molar-refractivity contribution in [1.82, 2.24) is 21.0 Å². The van der Waals surface area contributed by atoms with Crippen LogP contribution in [-0.4, -0.2) is 22.6 Å². The fourth-order valence-corrected chi connectivity index (χ4v) is 4.74. The lowest BCUT2D eigenvalue weighted by Crippen LogP contribution is -2.38. The zero-order valence-corrected chi connectivity index (χ0v) is 22.1. The molecule has 2 aliphatic rings. The highest BCUT2D eigenvalue weighted by Gasteiger charge is 2.32. The van der Waals surface area contributed by atoms with Gasteiger partial charge in [-0.15, -0.1) is 5.53 Å². The van der Waals surface area contributed by atoms with Crippen molar-refractivity contribution in [3.8, 4) is 6.07 Å². The molecule has 0 saturated heterocycles. The van der Waals surface area contributed by atoms with Crippen molar-refractivity contribution in [2.24, 2.45) is 5.41 Å². The molecule has 1 aliphatic heterocycles. The van der Waals surface area contributed by atoms with E-state index in [0.717, 1.165) is 50.9 Å². The molecule has 1 aromatic heterocycles. The van der Waals surface area contributed by atoms with Crippen molar-refractivity contribution in [2.75, 3.05) is 17.2 Å². The molecule has 0 spiro atoms. The maximum Gasteiger partial charge on any atom is 0.123 e. The third-order valence-electron chi connectivity index (χ3n) is 6.21. The molecule has 2 aromatic carbocycles. The first-order chi connectivity index (χ1) is 17.2. The molecule has 9 heteroatoms. The van der Waals surface area contributed by atoms with E-state index in [9.17, 15) is 9.65 Å². The number of rotatable bonds is 7. The summed E-state index contributed by atoms with van der Waals surface area (Å²) in [7, 11) is 0. The highest BCUT2D eigenvalue weighted by molar-refractivity contribution is 9.10. The number of hydrogen-bond donors (Lipinski definition) is 4. The fourth-order valence-electron chi connectivity index (χ4n) is 4.17. The van der Waals surface area contributed by atoms with Crippen molar-refractivity contribution >= 4 is 38.2 Å². The number of hydrazine groups is 2. The summed E-state index contributed by atoms with van der Waals surface area (Å²) < 4.78 is 14.5. The van der Waals surface area contributed by atoms with Gasteiger partial charge in [-0.3, -0.25) is 9.99 Å². The smallest absolute Gasteiger partial charge is 0.123 e. The molecule has 0 radical (unpaired) electrons. The molecule has 0 bridgehead atoms. The molecule has 186 valence electrons. The van der Waals surface area contributed by atoms with Crippen LogP contribution < -0.4 is 21.6 Å². The Balaban J connectivity index is 1.55. The second-order valence-corrected chi connectivity index (χ2v) is 11.4. The van der Waals surface area contributed by atoms with Crippen molar-refractivity contribution in [3.05, 3.63) is 75.9 Å². The Morgan fingerprint density at radius 2 is 2.00 bits per heavy atom. The third kappa shape index (κ3) is 5.25. The SMILES string of the molecule is CC(C)(C)CNc1c(C#N)cnc2c(Br)cc(NC(C3=CN(C4CC4)NN3)c3ccc(F)cc3)cc12. The van der Waals surface area contributed by atoms with Gasteiger partial charge in [0.1, 0.15) is 11.9 Å². The van der Waals surface area contributed by atoms with Gasteiger partial charge in [-0.25, -0.2) is 4.39 Å². The molecule has 3 aromatic rings. The van der Waals surface area contributed by atoms with E-state index in [1.54, 1.807) is 18.3 Å². The summed E-state index contributed by atoms with van der Waals surface area (Å²) in [5.74, 6) is -0.276. The lowest BCUT2D eigenvalue weighted by molar-refractivity contribution is 0.260. The van der Waals surface area contributed by atoms with Crippen LogP contribution in [0.4, 0.5) is 15.8 Å². The normalized spacial score (nSPS) is 16.3. The number of nitrogens with zero attached hydrogens (tertiary/aromatic N) is 3. The van der Waals surface area contributed by atoms with Gasteiger partial charge in [0.05, 0.1) is 28.5 Å². The van der Waals surface area contributed by atoms with Crippen LogP contribution in [-0.2, 0) is 0 Å². The fraction of sp³-hybridized carbons (Fsp3) is 0.333. The number of nitriles is 1. The molecule has 36 heavy (non-hydrogen) atoms. The van der Waals surface area contributed by atoms with Gasteiger partial charge in [-0.05, 0) is 64.0 Å². The first-order valence-corrected chi connectivity index (χ1v) is 12.8. The van der Waals surface area contributed by atoms with Crippen LogP contribution >= 0.6 is 15.9 Å². The van der Waals surface area contributed by atoms with E-state index in [1.807, 2.05) is 12.1 Å². The number of aromatic nitrogens is 1. The molecule has 1 aliphatic carbocycles. The molecule has 7 nitrogen and oxygen atoms in total. The summed E-state index contributed by atoms with van der Waals surface area (Å²) in [5, 5.41) is 19.8. The predicted octanol–water partition coefficient (Wildman–Crippen LogP) is 5.95. The van der Waals surface area contributed by atoms with Crippen molar-refractivity contribution in [2.45, 2.75) is 45.7 Å². The number of benzene rings is 2. The summed E-state index contributed by atoms with van der Waals surface area (Å²) in [6, 6.07) is 13.0. The molecule has 1 atom stereocenters. The maximum atomic E-state index is 13.7. The Morgan fingerprint density at radius 1 is 1.25 bits per heavy atom. The van der Waals surface area contributed by atoms with Gasteiger partial charge in [0, 0.05) is 40.5 Å². The van der Waals surface area contributed by atoms with Gasteiger partial charge in [0.25, 0.3) is 0 Å². The van der Waals surface area contributed by atoms with E-state index in [-0.39, 0.29) is 17.3 Å². The van der Waals surface area contributed by atoms with Crippen LogP contribution in [0.3, 0.4) is 0 Å². The van der Waals surface area contributed by atoms with Gasteiger partial charge in [-0.1, -0.05) is 32.9 Å². The molecule has 5 rings (SSSR count). The van der Waals surface area contributed by atoms with Gasteiger partial charge < -0.3 is 16.1 Å². The van der Waals surface area contributed by atoms with Crippen LogP contribution in [0, 0.1) is 22.6 Å². The van der Waals surface area contributed by atoms with E-state index < -0.39 is 0 Å². The number of anilines is 2. The quantitative estimate of drug-likeness (QED) is 0.289. The van der Waals surface area contributed by atoms with Crippen LogP contribution in [0.2, 0.25) is 0 Å². The second kappa shape index (κ2) is 9.60. The molecule has 2 heterocycles. The van der Waals surface area contributed by atoms with Crippen molar-refractivity contribution < 1.29 is 4.39 Å². The average Bonchev–Trinajstić information content (AvgIpc) is 3.58. The molecule has 1 unspecified atom stereocenters. The number of nitrogens with one attached hydrogen (secondary N) is 4. The predicted molar refractivity (Wildman–Crippen MR) is 144 cm³/mol. The molecule has 1 fully saturated rings. The monoisotopic (exact) mass is 549 g/mol. The lowest BCUT2D eigenvalue weighted by atomic mass is 9.96. The Kier molecular flexibility index (Phi) is 6.49. The van der Waals surface area contributed by atoms with Gasteiger partial charge in [0.2, 0.25) is 0 Å². The Labute approximate surface area is 218 Å². The average molecular weight is 550 g/mol. The minimum atomic E-state index is -0.276. The first-order valence-electron chi connectivity index (χ1n) is 12.0. The van der Waals surface area contributed by atoms with E-state index in [2.05, 4.69) is 80.6 Å². The second-order valence-electron chi connectivity index (χ2n) is 10.5.